The number of methoxy groups -OCH3 is 1. The zero-order valence-electron chi connectivity index (χ0n) is 13.7. The highest BCUT2D eigenvalue weighted by Gasteiger charge is 2.27. The van der Waals surface area contributed by atoms with Crippen LogP contribution in [0, 0.1) is 0 Å². The van der Waals surface area contributed by atoms with Crippen LogP contribution in [0.1, 0.15) is 17.2 Å². The maximum atomic E-state index is 13.0. The molecule has 26 heavy (non-hydrogen) atoms. The molecule has 0 fully saturated rings. The second-order valence-corrected chi connectivity index (χ2v) is 7.17. The summed E-state index contributed by atoms with van der Waals surface area (Å²) < 4.78 is 6.54. The third-order valence-corrected chi connectivity index (χ3v) is 5.38. The van der Waals surface area contributed by atoms with Gasteiger partial charge in [0.1, 0.15) is 4.53 Å². The van der Waals surface area contributed by atoms with Crippen LogP contribution in [0.15, 0.2) is 58.3 Å². The lowest BCUT2D eigenvalue weighted by molar-refractivity contribution is -0.133. The minimum absolute atomic E-state index is 0.279. The minimum atomic E-state index is -0.571. The third-order valence-electron chi connectivity index (χ3n) is 4.16. The summed E-state index contributed by atoms with van der Waals surface area (Å²) in [5, 5.41) is 0.577. The number of benzene rings is 2. The van der Waals surface area contributed by atoms with Crippen LogP contribution in [0.5, 0.6) is 0 Å². The average molecular weight is 385 g/mol. The molecule has 0 radical (unpaired) electrons. The van der Waals surface area contributed by atoms with Crippen LogP contribution in [0.25, 0.3) is 6.08 Å². The standard InChI is InChI=1S/C19H13ClN2O3S/c1-25-16(23)10-15-18(24)22-17(11-5-3-2-4-6-11)13-9-12(20)7-8-14(13)21-19(22)26-15/h2-10,17H,1H3/b15-10-/t17-/m1/s1. The fourth-order valence-electron chi connectivity index (χ4n) is 3.01. The van der Waals surface area contributed by atoms with Crippen molar-refractivity contribution in [1.29, 1.82) is 0 Å². The molecule has 0 saturated carbocycles. The normalized spacial score (nSPS) is 15.8. The smallest absolute Gasteiger partial charge is 0.332 e. The lowest BCUT2D eigenvalue weighted by Gasteiger charge is -2.24. The molecule has 1 atom stereocenters. The second-order valence-electron chi connectivity index (χ2n) is 5.72. The number of halogens is 1. The van der Waals surface area contributed by atoms with E-state index in [0.717, 1.165) is 16.8 Å². The van der Waals surface area contributed by atoms with Crippen molar-refractivity contribution in [3.63, 3.8) is 0 Å². The quantitative estimate of drug-likeness (QED) is 0.499. The summed E-state index contributed by atoms with van der Waals surface area (Å²) in [5.41, 5.74) is 2.27. The maximum Gasteiger partial charge on any atom is 0.332 e. The number of carbonyl (C=O) groups is 1. The first-order valence-corrected chi connectivity index (χ1v) is 9.02. The second kappa shape index (κ2) is 6.55. The first-order chi connectivity index (χ1) is 12.6. The van der Waals surface area contributed by atoms with Crippen molar-refractivity contribution in [2.75, 3.05) is 7.11 Å². The van der Waals surface area contributed by atoms with E-state index in [4.69, 9.17) is 11.6 Å². The van der Waals surface area contributed by atoms with E-state index in [0.29, 0.717) is 9.82 Å². The highest BCUT2D eigenvalue weighted by Crippen LogP contribution is 2.35. The molecule has 3 aromatic rings. The summed E-state index contributed by atoms with van der Waals surface area (Å²) in [5.74, 6) is -0.571. The number of ether oxygens (including phenoxy) is 1. The van der Waals surface area contributed by atoms with Crippen molar-refractivity contribution >= 4 is 40.7 Å². The molecule has 130 valence electrons. The van der Waals surface area contributed by atoms with E-state index in [9.17, 15) is 9.59 Å². The number of fused-ring (bicyclic) bond motifs is 2. The Morgan fingerprint density at radius 2 is 2.04 bits per heavy atom. The number of nitrogens with zero attached hydrogens (tertiary/aromatic N) is 2. The molecule has 0 unspecified atom stereocenters. The van der Waals surface area contributed by atoms with Gasteiger partial charge >= 0.3 is 5.97 Å². The molecule has 2 heterocycles. The molecule has 0 amide bonds. The molecule has 0 saturated heterocycles. The number of hydrogen-bond donors (Lipinski definition) is 0. The predicted octanol–water partition coefficient (Wildman–Crippen LogP) is 2.42. The van der Waals surface area contributed by atoms with Crippen molar-refractivity contribution in [3.05, 3.63) is 84.4 Å². The van der Waals surface area contributed by atoms with E-state index in [-0.39, 0.29) is 16.1 Å². The van der Waals surface area contributed by atoms with Gasteiger partial charge in [-0.2, -0.15) is 0 Å². The highest BCUT2D eigenvalue weighted by molar-refractivity contribution is 7.07. The molecule has 0 N–H and O–H groups in total. The van der Waals surface area contributed by atoms with Crippen LogP contribution in [0.3, 0.4) is 0 Å². The number of rotatable bonds is 2. The van der Waals surface area contributed by atoms with E-state index < -0.39 is 5.97 Å². The molecule has 0 spiro atoms. The van der Waals surface area contributed by atoms with Crippen LogP contribution in [-0.4, -0.2) is 17.6 Å². The van der Waals surface area contributed by atoms with E-state index >= 15 is 0 Å². The predicted molar refractivity (Wildman–Crippen MR) is 101 cm³/mol. The van der Waals surface area contributed by atoms with Gasteiger partial charge in [0.2, 0.25) is 0 Å². The Labute approximate surface area is 157 Å². The summed E-state index contributed by atoms with van der Waals surface area (Å²) in [6.07, 6.45) is 1.20. The van der Waals surface area contributed by atoms with Gasteiger partial charge in [0.05, 0.1) is 18.8 Å². The van der Waals surface area contributed by atoms with Crippen LogP contribution in [0.2, 0.25) is 5.02 Å². The van der Waals surface area contributed by atoms with Crippen molar-refractivity contribution < 1.29 is 9.53 Å². The van der Waals surface area contributed by atoms with Gasteiger partial charge in [-0.1, -0.05) is 53.3 Å². The SMILES string of the molecule is COC(=O)/C=c1\sc2n(c1=O)[C@H](c1ccccc1)c1cc(Cl)ccc1N=2. The lowest BCUT2D eigenvalue weighted by atomic mass is 9.96. The Kier molecular flexibility index (Phi) is 4.22. The Balaban J connectivity index is 2.06. The Bertz CT molecular complexity index is 1180. The molecule has 7 heteroatoms. The Morgan fingerprint density at radius 3 is 2.77 bits per heavy atom. The highest BCUT2D eigenvalue weighted by atomic mass is 35.5. The van der Waals surface area contributed by atoms with Crippen molar-refractivity contribution in [2.45, 2.75) is 6.04 Å². The summed E-state index contributed by atoms with van der Waals surface area (Å²) >= 11 is 7.36. The van der Waals surface area contributed by atoms with Gasteiger partial charge in [0.25, 0.3) is 5.56 Å². The van der Waals surface area contributed by atoms with Crippen LogP contribution >= 0.6 is 22.9 Å². The number of aromatic nitrogens is 1. The molecule has 0 bridgehead atoms. The lowest BCUT2D eigenvalue weighted by Crippen LogP contribution is -2.37. The van der Waals surface area contributed by atoms with Gasteiger partial charge in [-0.3, -0.25) is 9.36 Å². The fraction of sp³-hybridized carbons (Fsp3) is 0.105. The first-order valence-electron chi connectivity index (χ1n) is 7.82. The molecule has 2 aromatic carbocycles. The van der Waals surface area contributed by atoms with E-state index in [1.807, 2.05) is 42.5 Å². The topological polar surface area (TPSA) is 60.7 Å². The van der Waals surface area contributed by atoms with Crippen molar-refractivity contribution in [1.82, 2.24) is 4.57 Å². The minimum Gasteiger partial charge on any atom is -0.466 e. The fourth-order valence-corrected chi connectivity index (χ4v) is 4.16. The summed E-state index contributed by atoms with van der Waals surface area (Å²) in [7, 11) is 1.28. The summed E-state index contributed by atoms with van der Waals surface area (Å²) in [4.78, 5) is 29.7. The van der Waals surface area contributed by atoms with Crippen LogP contribution < -0.4 is 14.9 Å². The zero-order chi connectivity index (χ0) is 18.3. The maximum absolute atomic E-state index is 13.0. The Morgan fingerprint density at radius 1 is 1.27 bits per heavy atom. The number of esters is 1. The molecule has 4 rings (SSSR count). The van der Waals surface area contributed by atoms with Gasteiger partial charge < -0.3 is 4.74 Å². The van der Waals surface area contributed by atoms with Gasteiger partial charge in [0.15, 0.2) is 4.80 Å². The van der Waals surface area contributed by atoms with E-state index in [1.54, 1.807) is 10.6 Å². The molecule has 5 nitrogen and oxygen atoms in total. The van der Waals surface area contributed by atoms with Gasteiger partial charge in [-0.25, -0.2) is 9.79 Å². The first kappa shape index (κ1) is 16.8. The molecular formula is C19H13ClN2O3S. The number of hydrogen-bond acceptors (Lipinski definition) is 5. The van der Waals surface area contributed by atoms with Crippen molar-refractivity contribution in [3.8, 4) is 0 Å². The Hall–Kier alpha value is -2.70. The van der Waals surface area contributed by atoms with Crippen LogP contribution in [0.4, 0.5) is 5.69 Å². The molecule has 0 aliphatic carbocycles. The van der Waals surface area contributed by atoms with Crippen LogP contribution in [-0.2, 0) is 9.53 Å². The number of carbonyl (C=O) groups excluding carboxylic acids is 1. The molecule has 1 aliphatic heterocycles. The molecule has 1 aromatic heterocycles. The van der Waals surface area contributed by atoms with E-state index in [2.05, 4.69) is 9.73 Å². The van der Waals surface area contributed by atoms with Gasteiger partial charge in [0, 0.05) is 16.7 Å². The van der Waals surface area contributed by atoms with E-state index in [1.165, 1.54) is 24.5 Å². The third kappa shape index (κ3) is 2.77. The van der Waals surface area contributed by atoms with Gasteiger partial charge in [-0.15, -0.1) is 0 Å². The average Bonchev–Trinajstić information content (AvgIpc) is 2.96. The summed E-state index contributed by atoms with van der Waals surface area (Å²) in [6, 6.07) is 14.8. The monoisotopic (exact) mass is 384 g/mol. The zero-order valence-corrected chi connectivity index (χ0v) is 15.3. The van der Waals surface area contributed by atoms with Gasteiger partial charge in [-0.05, 0) is 23.8 Å². The molecular weight excluding hydrogens is 372 g/mol. The van der Waals surface area contributed by atoms with Crippen molar-refractivity contribution in [2.24, 2.45) is 4.99 Å². The molecule has 1 aliphatic rings. The summed E-state index contributed by atoms with van der Waals surface area (Å²) in [6.45, 7) is 0. The largest absolute Gasteiger partial charge is 0.466 e. The number of thiazole rings is 1.